The van der Waals surface area contributed by atoms with Crippen molar-refractivity contribution in [2.45, 2.75) is 75.9 Å². The summed E-state index contributed by atoms with van der Waals surface area (Å²) in [4.78, 5) is 43.7. The number of nitrogens with zero attached hydrogens (tertiary/aromatic N) is 1. The predicted octanol–water partition coefficient (Wildman–Crippen LogP) is 2.91. The molecule has 6 rings (SSSR count). The molecule has 2 saturated heterocycles. The van der Waals surface area contributed by atoms with Gasteiger partial charge >= 0.3 is 0 Å². The Balaban J connectivity index is 1.46. The van der Waals surface area contributed by atoms with Crippen LogP contribution in [0.4, 0.5) is 5.69 Å². The summed E-state index contributed by atoms with van der Waals surface area (Å²) in [6.45, 7) is 2.07. The Morgan fingerprint density at radius 3 is 2.40 bits per heavy atom. The Kier molecular flexibility index (Phi) is 5.52. The van der Waals surface area contributed by atoms with E-state index in [1.54, 1.807) is 4.90 Å². The molecule has 6 heteroatoms. The van der Waals surface area contributed by atoms with Crippen molar-refractivity contribution in [2.24, 2.45) is 11.8 Å². The van der Waals surface area contributed by atoms with Crippen molar-refractivity contribution < 1.29 is 19.7 Å². The number of hydrogen-bond acceptors (Lipinski definition) is 3. The van der Waals surface area contributed by atoms with Gasteiger partial charge in [-0.2, -0.15) is 0 Å². The fourth-order valence-electron chi connectivity index (χ4n) is 7.32. The van der Waals surface area contributed by atoms with Crippen LogP contribution < -0.4 is 10.6 Å². The van der Waals surface area contributed by atoms with Crippen molar-refractivity contribution >= 4 is 23.4 Å². The number of carbonyl (C=O) groups is 3. The van der Waals surface area contributed by atoms with E-state index in [4.69, 9.17) is 0 Å². The number of anilines is 1. The summed E-state index contributed by atoms with van der Waals surface area (Å²) in [5.41, 5.74) is 2.82. The molecule has 182 valence electrons. The van der Waals surface area contributed by atoms with E-state index in [2.05, 4.69) is 29.7 Å². The van der Waals surface area contributed by atoms with Gasteiger partial charge in [0.2, 0.25) is 17.4 Å². The Bertz CT molecular complexity index is 1170. The van der Waals surface area contributed by atoms with Gasteiger partial charge in [-0.3, -0.25) is 19.3 Å². The number of carbonyl (C=O) groups excluding carboxylic acids is 3. The van der Waals surface area contributed by atoms with Gasteiger partial charge in [0.25, 0.3) is 5.91 Å². The minimum absolute atomic E-state index is 0.0385. The smallest absolute Gasteiger partial charge is 0.291 e. The van der Waals surface area contributed by atoms with Gasteiger partial charge < -0.3 is 10.6 Å². The van der Waals surface area contributed by atoms with E-state index in [0.29, 0.717) is 6.42 Å². The number of para-hydroxylation sites is 1. The normalized spacial score (nSPS) is 30.5. The van der Waals surface area contributed by atoms with Crippen molar-refractivity contribution in [1.29, 1.82) is 0 Å². The first kappa shape index (κ1) is 22.5. The molecule has 35 heavy (non-hydrogen) atoms. The summed E-state index contributed by atoms with van der Waals surface area (Å²) in [7, 11) is 0. The number of nitrogens with one attached hydrogen (secondary N) is 1. The second-order valence-electron chi connectivity index (χ2n) is 10.7. The average Bonchev–Trinajstić information content (AvgIpc) is 3.33. The molecule has 3 amide bonds. The molecular formula is C29H34N3O3+. The number of nitrogens with two attached hydrogens (primary N) is 1. The summed E-state index contributed by atoms with van der Waals surface area (Å²) in [5.74, 6) is -1.51. The molecule has 1 saturated carbocycles. The van der Waals surface area contributed by atoms with Crippen LogP contribution in [-0.2, 0) is 32.8 Å². The third-order valence-corrected chi connectivity index (χ3v) is 8.91. The highest BCUT2D eigenvalue weighted by Gasteiger charge is 2.74. The Labute approximate surface area is 206 Å². The minimum atomic E-state index is -1.09. The molecule has 4 aliphatic rings. The van der Waals surface area contributed by atoms with Crippen LogP contribution in [0.5, 0.6) is 0 Å². The van der Waals surface area contributed by atoms with Gasteiger partial charge in [-0.25, -0.2) is 0 Å². The zero-order valence-corrected chi connectivity index (χ0v) is 20.3. The Hall–Kier alpha value is -2.99. The molecule has 1 spiro atoms. The van der Waals surface area contributed by atoms with Crippen molar-refractivity contribution in [3.63, 3.8) is 0 Å². The van der Waals surface area contributed by atoms with Crippen LogP contribution in [0.15, 0.2) is 48.5 Å². The lowest BCUT2D eigenvalue weighted by atomic mass is 9.76. The van der Waals surface area contributed by atoms with E-state index >= 15 is 0 Å². The quantitative estimate of drug-likeness (QED) is 0.530. The zero-order chi connectivity index (χ0) is 24.2. The highest BCUT2D eigenvalue weighted by molar-refractivity contribution is 6.14. The maximum Gasteiger partial charge on any atom is 0.291 e. The molecule has 3 fully saturated rings. The molecule has 6 nitrogen and oxygen atoms in total. The van der Waals surface area contributed by atoms with Gasteiger partial charge in [0, 0.05) is 18.0 Å². The highest BCUT2D eigenvalue weighted by atomic mass is 16.2. The van der Waals surface area contributed by atoms with Crippen molar-refractivity contribution in [1.82, 2.24) is 4.90 Å². The number of amides is 3. The van der Waals surface area contributed by atoms with E-state index in [1.807, 2.05) is 36.4 Å². The summed E-state index contributed by atoms with van der Waals surface area (Å²) >= 11 is 0. The van der Waals surface area contributed by atoms with Crippen LogP contribution in [0.3, 0.4) is 0 Å². The molecular weight excluding hydrogens is 438 g/mol. The second-order valence-corrected chi connectivity index (χ2v) is 10.7. The fraction of sp³-hybridized carbons (Fsp3) is 0.483. The molecule has 3 N–H and O–H groups in total. The van der Waals surface area contributed by atoms with E-state index in [-0.39, 0.29) is 29.8 Å². The lowest BCUT2D eigenvalue weighted by molar-refractivity contribution is -0.733. The number of rotatable bonds is 4. The van der Waals surface area contributed by atoms with Crippen LogP contribution in [0.2, 0.25) is 0 Å². The Morgan fingerprint density at radius 2 is 1.69 bits per heavy atom. The molecule has 0 unspecified atom stereocenters. The van der Waals surface area contributed by atoms with Gasteiger partial charge in [0.05, 0.1) is 5.69 Å². The fourth-order valence-corrected chi connectivity index (χ4v) is 7.32. The molecule has 4 atom stereocenters. The third kappa shape index (κ3) is 3.29. The first-order chi connectivity index (χ1) is 17.1. The zero-order valence-electron chi connectivity index (χ0n) is 20.3. The first-order valence-corrected chi connectivity index (χ1v) is 13.3. The van der Waals surface area contributed by atoms with Crippen molar-refractivity contribution in [3.8, 4) is 0 Å². The SMILES string of the molecule is CCc1cccc2c1NC(=O)[C@]21[NH2+][C@H](Cc2ccccc2)[C@H]2C(=O)N(C3CCCCCC3)C(=O)[C@H]21. The monoisotopic (exact) mass is 472 g/mol. The summed E-state index contributed by atoms with van der Waals surface area (Å²) in [6.07, 6.45) is 7.60. The van der Waals surface area contributed by atoms with Gasteiger partial charge in [-0.15, -0.1) is 0 Å². The molecule has 2 aromatic rings. The molecule has 0 aromatic heterocycles. The molecule has 1 aliphatic carbocycles. The van der Waals surface area contributed by atoms with Gasteiger partial charge in [-0.05, 0) is 30.4 Å². The number of fused-ring (bicyclic) bond motifs is 4. The van der Waals surface area contributed by atoms with Gasteiger partial charge in [0.1, 0.15) is 17.9 Å². The summed E-state index contributed by atoms with van der Waals surface area (Å²) < 4.78 is 0. The summed E-state index contributed by atoms with van der Waals surface area (Å²) in [6, 6.07) is 15.9. The molecule has 3 aliphatic heterocycles. The van der Waals surface area contributed by atoms with Crippen LogP contribution in [-0.4, -0.2) is 34.7 Å². The molecule has 0 radical (unpaired) electrons. The lowest BCUT2D eigenvalue weighted by Crippen LogP contribution is -2.99. The number of aryl methyl sites for hydroxylation is 1. The van der Waals surface area contributed by atoms with Gasteiger partial charge in [0.15, 0.2) is 0 Å². The molecule has 0 bridgehead atoms. The highest BCUT2D eigenvalue weighted by Crippen LogP contribution is 2.51. The molecule has 2 aromatic carbocycles. The lowest BCUT2D eigenvalue weighted by Gasteiger charge is -2.30. The number of hydrogen-bond donors (Lipinski definition) is 2. The van der Waals surface area contributed by atoms with E-state index < -0.39 is 17.4 Å². The van der Waals surface area contributed by atoms with E-state index in [1.165, 1.54) is 0 Å². The Morgan fingerprint density at radius 1 is 0.943 bits per heavy atom. The van der Waals surface area contributed by atoms with Crippen LogP contribution in [0.1, 0.15) is 62.1 Å². The number of imide groups is 1. The van der Waals surface area contributed by atoms with Crippen LogP contribution >= 0.6 is 0 Å². The summed E-state index contributed by atoms with van der Waals surface area (Å²) in [5, 5.41) is 5.20. The first-order valence-electron chi connectivity index (χ1n) is 13.3. The van der Waals surface area contributed by atoms with Crippen LogP contribution in [0.25, 0.3) is 0 Å². The van der Waals surface area contributed by atoms with Crippen molar-refractivity contribution in [2.75, 3.05) is 5.32 Å². The third-order valence-electron chi connectivity index (χ3n) is 8.91. The second kappa shape index (κ2) is 8.59. The number of benzene rings is 2. The maximum absolute atomic E-state index is 14.2. The van der Waals surface area contributed by atoms with Gasteiger partial charge in [-0.1, -0.05) is 81.1 Å². The number of likely N-dealkylation sites (tertiary alicyclic amines) is 1. The largest absolute Gasteiger partial charge is 0.326 e. The molecule has 3 heterocycles. The minimum Gasteiger partial charge on any atom is -0.326 e. The van der Waals surface area contributed by atoms with Crippen molar-refractivity contribution in [3.05, 3.63) is 65.2 Å². The number of quaternary nitrogens is 1. The van der Waals surface area contributed by atoms with E-state index in [0.717, 1.165) is 67.3 Å². The topological polar surface area (TPSA) is 83.1 Å². The van der Waals surface area contributed by atoms with E-state index in [9.17, 15) is 14.4 Å². The standard InChI is InChI=1S/C29H33N3O3/c1-2-19-13-10-16-21-25(19)30-28(35)29(21)24-23(22(31-29)17-18-11-6-5-7-12-18)26(33)32(27(24)34)20-14-8-3-4-9-15-20/h5-7,10-13,16,20,22-24,31H,2-4,8-9,14-15,17H2,1H3,(H,30,35)/p+1/t22-,23-,24+,29+/m1/s1. The van der Waals surface area contributed by atoms with Crippen LogP contribution in [0, 0.1) is 11.8 Å². The average molecular weight is 473 g/mol. The predicted molar refractivity (Wildman–Crippen MR) is 132 cm³/mol. The maximum atomic E-state index is 14.2.